The fourth-order valence-electron chi connectivity index (χ4n) is 3.24. The minimum absolute atomic E-state index is 0.0441. The van der Waals surface area contributed by atoms with Crippen LogP contribution < -0.4 is 4.74 Å². The molecule has 0 aliphatic heterocycles. The van der Waals surface area contributed by atoms with E-state index in [0.29, 0.717) is 34.8 Å². The number of Topliss-reactive ketones (excluding diaryl/α,β-unsaturated/α-hetero) is 2. The van der Waals surface area contributed by atoms with Gasteiger partial charge in [-0.15, -0.1) is 6.58 Å². The van der Waals surface area contributed by atoms with E-state index < -0.39 is 0 Å². The zero-order valence-corrected chi connectivity index (χ0v) is 17.6. The monoisotopic (exact) mass is 406 g/mol. The first-order valence-electron chi connectivity index (χ1n) is 9.98. The summed E-state index contributed by atoms with van der Waals surface area (Å²) in [5.74, 6) is 1.11. The number of rotatable bonds is 10. The third-order valence-corrected chi connectivity index (χ3v) is 4.71. The normalized spacial score (nSPS) is 10.9. The Morgan fingerprint density at radius 2 is 1.90 bits per heavy atom. The van der Waals surface area contributed by atoms with Crippen molar-refractivity contribution in [3.05, 3.63) is 48.7 Å². The SMILES string of the molecule is C=CCCCCOc1cc2c(cc1-c1cnc(C)nc1)c(C(C)=O)nn2CC(C)=O. The van der Waals surface area contributed by atoms with Gasteiger partial charge in [0.25, 0.3) is 0 Å². The molecular formula is C23H26N4O3. The Bertz CT molecular complexity index is 1080. The summed E-state index contributed by atoms with van der Waals surface area (Å²) in [6.45, 7) is 9.17. The Morgan fingerprint density at radius 1 is 1.17 bits per heavy atom. The quantitative estimate of drug-likeness (QED) is 0.283. The summed E-state index contributed by atoms with van der Waals surface area (Å²) in [6.07, 6.45) is 8.19. The predicted molar refractivity (Wildman–Crippen MR) is 116 cm³/mol. The van der Waals surface area contributed by atoms with Gasteiger partial charge in [-0.05, 0) is 39.2 Å². The number of aromatic nitrogens is 4. The molecule has 1 aromatic carbocycles. The zero-order valence-electron chi connectivity index (χ0n) is 17.6. The van der Waals surface area contributed by atoms with Gasteiger partial charge in [0.2, 0.25) is 0 Å². The van der Waals surface area contributed by atoms with Crippen LogP contribution in [0.2, 0.25) is 0 Å². The number of unbranched alkanes of at least 4 members (excludes halogenated alkanes) is 2. The number of hydrogen-bond donors (Lipinski definition) is 0. The fourth-order valence-corrected chi connectivity index (χ4v) is 3.24. The molecule has 30 heavy (non-hydrogen) atoms. The van der Waals surface area contributed by atoms with Crippen LogP contribution in [0.25, 0.3) is 22.0 Å². The van der Waals surface area contributed by atoms with Crippen LogP contribution in [0.5, 0.6) is 5.75 Å². The molecule has 0 amide bonds. The molecule has 156 valence electrons. The lowest BCUT2D eigenvalue weighted by Crippen LogP contribution is -2.08. The van der Waals surface area contributed by atoms with Gasteiger partial charge in [0.05, 0.1) is 18.7 Å². The number of allylic oxidation sites excluding steroid dienone is 1. The first-order valence-corrected chi connectivity index (χ1v) is 9.98. The lowest BCUT2D eigenvalue weighted by Gasteiger charge is -2.13. The molecule has 0 radical (unpaired) electrons. The van der Waals surface area contributed by atoms with Gasteiger partial charge in [0.15, 0.2) is 11.6 Å². The van der Waals surface area contributed by atoms with Gasteiger partial charge in [-0.2, -0.15) is 5.10 Å². The highest BCUT2D eigenvalue weighted by molar-refractivity contribution is 6.06. The van der Waals surface area contributed by atoms with Crippen LogP contribution in [-0.4, -0.2) is 37.9 Å². The number of fused-ring (bicyclic) bond motifs is 1. The van der Waals surface area contributed by atoms with Gasteiger partial charge in [-0.1, -0.05) is 6.08 Å². The number of ketones is 2. The van der Waals surface area contributed by atoms with E-state index in [1.807, 2.05) is 25.1 Å². The molecule has 0 unspecified atom stereocenters. The largest absolute Gasteiger partial charge is 0.493 e. The average molecular weight is 406 g/mol. The predicted octanol–water partition coefficient (Wildman–Crippen LogP) is 4.33. The molecule has 0 bridgehead atoms. The maximum Gasteiger partial charge on any atom is 0.180 e. The first kappa shape index (κ1) is 21.4. The molecular weight excluding hydrogens is 380 g/mol. The molecule has 0 saturated heterocycles. The van der Waals surface area contributed by atoms with E-state index in [4.69, 9.17) is 4.74 Å². The summed E-state index contributed by atoms with van der Waals surface area (Å²) in [5.41, 5.74) is 2.60. The van der Waals surface area contributed by atoms with Crippen molar-refractivity contribution in [1.82, 2.24) is 19.7 Å². The molecule has 3 rings (SSSR count). The van der Waals surface area contributed by atoms with Gasteiger partial charge >= 0.3 is 0 Å². The molecule has 0 N–H and O–H groups in total. The highest BCUT2D eigenvalue weighted by Crippen LogP contribution is 2.35. The molecule has 0 saturated carbocycles. The Balaban J connectivity index is 2.11. The zero-order chi connectivity index (χ0) is 21.7. The van der Waals surface area contributed by atoms with Crippen LogP contribution in [0, 0.1) is 6.92 Å². The molecule has 3 aromatic rings. The standard InChI is InChI=1S/C23H26N4O3/c1-5-6-7-8-9-30-22-11-21-20(10-19(22)18-12-24-17(4)25-13-18)23(16(3)29)26-27(21)14-15(2)28/h5,10-13H,1,6-9,14H2,2-4H3. The van der Waals surface area contributed by atoms with Gasteiger partial charge in [-0.3, -0.25) is 14.3 Å². The molecule has 0 fully saturated rings. The molecule has 0 spiro atoms. The van der Waals surface area contributed by atoms with Crippen molar-refractivity contribution in [2.24, 2.45) is 0 Å². The van der Waals surface area contributed by atoms with Crippen molar-refractivity contribution in [2.45, 2.75) is 46.6 Å². The molecule has 7 nitrogen and oxygen atoms in total. The van der Waals surface area contributed by atoms with E-state index in [2.05, 4.69) is 21.6 Å². The number of carbonyl (C=O) groups is 2. The van der Waals surface area contributed by atoms with Crippen molar-refractivity contribution >= 4 is 22.5 Å². The number of nitrogens with zero attached hydrogens (tertiary/aromatic N) is 4. The summed E-state index contributed by atoms with van der Waals surface area (Å²) in [6, 6.07) is 3.73. The Kier molecular flexibility index (Phi) is 6.72. The lowest BCUT2D eigenvalue weighted by atomic mass is 10.0. The van der Waals surface area contributed by atoms with Crippen molar-refractivity contribution < 1.29 is 14.3 Å². The molecule has 7 heteroatoms. The van der Waals surface area contributed by atoms with Gasteiger partial charge in [-0.25, -0.2) is 9.97 Å². The molecule has 2 aromatic heterocycles. The molecule has 0 atom stereocenters. The Labute approximate surface area is 175 Å². The van der Waals surface area contributed by atoms with Crippen molar-refractivity contribution in [3.8, 4) is 16.9 Å². The number of aryl methyl sites for hydroxylation is 1. The number of carbonyl (C=O) groups excluding carboxylic acids is 2. The summed E-state index contributed by atoms with van der Waals surface area (Å²) in [7, 11) is 0. The molecule has 0 aliphatic rings. The minimum Gasteiger partial charge on any atom is -0.493 e. The Hall–Kier alpha value is -3.35. The maximum absolute atomic E-state index is 12.2. The first-order chi connectivity index (χ1) is 14.4. The molecule has 2 heterocycles. The Morgan fingerprint density at radius 3 is 2.53 bits per heavy atom. The van der Waals surface area contributed by atoms with Crippen LogP contribution in [0.4, 0.5) is 0 Å². The summed E-state index contributed by atoms with van der Waals surface area (Å²) < 4.78 is 7.67. The third-order valence-electron chi connectivity index (χ3n) is 4.71. The number of benzene rings is 1. The van der Waals surface area contributed by atoms with E-state index in [1.54, 1.807) is 17.1 Å². The van der Waals surface area contributed by atoms with E-state index in [1.165, 1.54) is 13.8 Å². The van der Waals surface area contributed by atoms with Crippen LogP contribution in [-0.2, 0) is 11.3 Å². The topological polar surface area (TPSA) is 87.0 Å². The van der Waals surface area contributed by atoms with Crippen molar-refractivity contribution in [2.75, 3.05) is 6.61 Å². The summed E-state index contributed by atoms with van der Waals surface area (Å²) in [4.78, 5) is 32.5. The second-order valence-electron chi connectivity index (χ2n) is 7.28. The number of hydrogen-bond acceptors (Lipinski definition) is 6. The maximum atomic E-state index is 12.2. The van der Waals surface area contributed by atoms with Gasteiger partial charge in [0.1, 0.15) is 17.3 Å². The highest BCUT2D eigenvalue weighted by atomic mass is 16.5. The third kappa shape index (κ3) is 4.79. The van der Waals surface area contributed by atoms with Gasteiger partial charge in [0, 0.05) is 41.9 Å². The van der Waals surface area contributed by atoms with Gasteiger partial charge < -0.3 is 4.74 Å². The second-order valence-corrected chi connectivity index (χ2v) is 7.28. The van der Waals surface area contributed by atoms with Crippen molar-refractivity contribution in [1.29, 1.82) is 0 Å². The van der Waals surface area contributed by atoms with Crippen LogP contribution in [0.1, 0.15) is 49.4 Å². The van der Waals surface area contributed by atoms with E-state index in [-0.39, 0.29) is 18.1 Å². The number of ether oxygens (including phenoxy) is 1. The lowest BCUT2D eigenvalue weighted by molar-refractivity contribution is -0.117. The molecule has 0 aliphatic carbocycles. The fraction of sp³-hybridized carbons (Fsp3) is 0.348. The summed E-state index contributed by atoms with van der Waals surface area (Å²) in [5, 5.41) is 5.07. The van der Waals surface area contributed by atoms with Crippen LogP contribution >= 0.6 is 0 Å². The summed E-state index contributed by atoms with van der Waals surface area (Å²) >= 11 is 0. The average Bonchev–Trinajstić information content (AvgIpc) is 3.05. The van der Waals surface area contributed by atoms with Crippen molar-refractivity contribution in [3.63, 3.8) is 0 Å². The minimum atomic E-state index is -0.161. The van der Waals surface area contributed by atoms with E-state index in [9.17, 15) is 9.59 Å². The van der Waals surface area contributed by atoms with Crippen LogP contribution in [0.15, 0.2) is 37.2 Å². The van der Waals surface area contributed by atoms with E-state index >= 15 is 0 Å². The highest BCUT2D eigenvalue weighted by Gasteiger charge is 2.19. The van der Waals surface area contributed by atoms with Crippen LogP contribution in [0.3, 0.4) is 0 Å². The smallest absolute Gasteiger partial charge is 0.180 e. The van der Waals surface area contributed by atoms with E-state index in [0.717, 1.165) is 30.4 Å². The second kappa shape index (κ2) is 9.43.